The first-order valence-electron chi connectivity index (χ1n) is 11.6. The van der Waals surface area contributed by atoms with Crippen molar-refractivity contribution in [3.05, 3.63) is 65.6 Å². The smallest absolute Gasteiger partial charge is 0.240 e. The van der Waals surface area contributed by atoms with Crippen LogP contribution in [0.4, 0.5) is 0 Å². The SMILES string of the molecule is CCCCCCCCOc1nc2ccccc2nc1/C=C/c1nc2ccccc2nc1C. The molecule has 0 aliphatic carbocycles. The minimum atomic E-state index is 0.569. The van der Waals surface area contributed by atoms with Crippen molar-refractivity contribution in [3.63, 3.8) is 0 Å². The number of aromatic nitrogens is 4. The summed E-state index contributed by atoms with van der Waals surface area (Å²) in [6.45, 7) is 4.86. The summed E-state index contributed by atoms with van der Waals surface area (Å²) in [5.41, 5.74) is 5.87. The maximum atomic E-state index is 6.08. The Balaban J connectivity index is 1.55. The largest absolute Gasteiger partial charge is 0.476 e. The van der Waals surface area contributed by atoms with Crippen molar-refractivity contribution in [3.8, 4) is 5.88 Å². The molecule has 0 fully saturated rings. The van der Waals surface area contributed by atoms with Crippen molar-refractivity contribution >= 4 is 34.2 Å². The summed E-state index contributed by atoms with van der Waals surface area (Å²) in [6.07, 6.45) is 11.2. The first-order valence-corrected chi connectivity index (χ1v) is 11.6. The lowest BCUT2D eigenvalue weighted by molar-refractivity contribution is 0.292. The van der Waals surface area contributed by atoms with Gasteiger partial charge in [0.1, 0.15) is 5.69 Å². The molecular formula is C27H30N4O. The van der Waals surface area contributed by atoms with Crippen molar-refractivity contribution in [2.24, 2.45) is 0 Å². The molecule has 4 rings (SSSR count). The van der Waals surface area contributed by atoms with Crippen LogP contribution in [0.1, 0.15) is 62.5 Å². The highest BCUT2D eigenvalue weighted by atomic mass is 16.5. The Morgan fingerprint density at radius 2 is 1.19 bits per heavy atom. The van der Waals surface area contributed by atoms with Crippen LogP contribution in [-0.4, -0.2) is 26.5 Å². The third kappa shape index (κ3) is 5.47. The number of aryl methyl sites for hydroxylation is 1. The molecule has 2 aromatic carbocycles. The molecule has 0 unspecified atom stereocenters. The molecule has 32 heavy (non-hydrogen) atoms. The molecule has 164 valence electrons. The topological polar surface area (TPSA) is 60.8 Å². The molecule has 0 saturated heterocycles. The molecule has 2 heterocycles. The van der Waals surface area contributed by atoms with Gasteiger partial charge in [0.15, 0.2) is 0 Å². The molecule has 0 radical (unpaired) electrons. The van der Waals surface area contributed by atoms with Gasteiger partial charge in [-0.25, -0.2) is 19.9 Å². The lowest BCUT2D eigenvalue weighted by Crippen LogP contribution is -2.03. The third-order valence-electron chi connectivity index (χ3n) is 5.48. The van der Waals surface area contributed by atoms with Crippen LogP contribution in [0.15, 0.2) is 48.5 Å². The monoisotopic (exact) mass is 426 g/mol. The molecule has 0 N–H and O–H groups in total. The molecule has 0 atom stereocenters. The quantitative estimate of drug-likeness (QED) is 0.261. The number of unbranched alkanes of at least 4 members (excludes halogenated alkanes) is 5. The summed E-state index contributed by atoms with van der Waals surface area (Å²) < 4.78 is 6.08. The Labute approximate surface area is 189 Å². The van der Waals surface area contributed by atoms with E-state index in [0.717, 1.165) is 39.9 Å². The van der Waals surface area contributed by atoms with Crippen LogP contribution in [0.5, 0.6) is 5.88 Å². The second kappa shape index (κ2) is 10.8. The van der Waals surface area contributed by atoms with Gasteiger partial charge >= 0.3 is 0 Å². The average molecular weight is 427 g/mol. The number of para-hydroxylation sites is 4. The molecule has 0 aliphatic rings. The van der Waals surface area contributed by atoms with Crippen LogP contribution in [-0.2, 0) is 0 Å². The number of nitrogens with zero attached hydrogens (tertiary/aromatic N) is 4. The van der Waals surface area contributed by atoms with Gasteiger partial charge in [0, 0.05) is 0 Å². The highest BCUT2D eigenvalue weighted by Crippen LogP contribution is 2.22. The molecule has 0 bridgehead atoms. The Bertz CT molecular complexity index is 1220. The molecule has 2 aromatic heterocycles. The number of rotatable bonds is 10. The first kappa shape index (κ1) is 21.9. The Morgan fingerprint density at radius 3 is 1.88 bits per heavy atom. The summed E-state index contributed by atoms with van der Waals surface area (Å²) >= 11 is 0. The van der Waals surface area contributed by atoms with E-state index >= 15 is 0 Å². The summed E-state index contributed by atoms with van der Waals surface area (Å²) in [6, 6.07) is 15.8. The number of hydrogen-bond donors (Lipinski definition) is 0. The second-order valence-electron chi connectivity index (χ2n) is 8.04. The number of ether oxygens (including phenoxy) is 1. The van der Waals surface area contributed by atoms with E-state index in [1.807, 2.05) is 67.6 Å². The fourth-order valence-electron chi connectivity index (χ4n) is 3.68. The molecular weight excluding hydrogens is 396 g/mol. The lowest BCUT2D eigenvalue weighted by atomic mass is 10.1. The van der Waals surface area contributed by atoms with Gasteiger partial charge in [0.25, 0.3) is 0 Å². The zero-order valence-corrected chi connectivity index (χ0v) is 18.9. The normalized spacial score (nSPS) is 11.6. The maximum absolute atomic E-state index is 6.08. The van der Waals surface area contributed by atoms with E-state index in [1.54, 1.807) is 0 Å². The minimum absolute atomic E-state index is 0.569. The minimum Gasteiger partial charge on any atom is -0.476 e. The van der Waals surface area contributed by atoms with Crippen LogP contribution in [0.25, 0.3) is 34.2 Å². The fraction of sp³-hybridized carbons (Fsp3) is 0.333. The standard InChI is InChI=1S/C27H30N4O/c1-3-4-5-6-7-12-19-32-27-26(30-24-15-10-11-16-25(24)31-27)18-17-21-20(2)28-22-13-8-9-14-23(22)29-21/h8-11,13-18H,3-7,12,19H2,1-2H3/b18-17+. The highest BCUT2D eigenvalue weighted by Gasteiger charge is 2.09. The molecule has 0 aliphatic heterocycles. The maximum Gasteiger partial charge on any atom is 0.240 e. The van der Waals surface area contributed by atoms with Crippen molar-refractivity contribution < 1.29 is 4.74 Å². The molecule has 0 amide bonds. The Kier molecular flexibility index (Phi) is 7.38. The van der Waals surface area contributed by atoms with Gasteiger partial charge in [-0.1, -0.05) is 63.3 Å². The fourth-order valence-corrected chi connectivity index (χ4v) is 3.68. The number of hydrogen-bond acceptors (Lipinski definition) is 5. The van der Waals surface area contributed by atoms with Crippen LogP contribution in [0.3, 0.4) is 0 Å². The van der Waals surface area contributed by atoms with E-state index in [-0.39, 0.29) is 0 Å². The highest BCUT2D eigenvalue weighted by molar-refractivity contribution is 5.80. The van der Waals surface area contributed by atoms with E-state index in [1.165, 1.54) is 32.1 Å². The average Bonchev–Trinajstić information content (AvgIpc) is 2.82. The zero-order chi connectivity index (χ0) is 22.2. The first-order chi connectivity index (χ1) is 15.7. The predicted octanol–water partition coefficient (Wildman–Crippen LogP) is 6.79. The number of benzene rings is 2. The van der Waals surface area contributed by atoms with E-state index in [2.05, 4.69) is 11.9 Å². The summed E-state index contributed by atoms with van der Waals surface area (Å²) in [4.78, 5) is 19.0. The van der Waals surface area contributed by atoms with Gasteiger partial charge < -0.3 is 4.74 Å². The predicted molar refractivity (Wildman–Crippen MR) is 132 cm³/mol. The van der Waals surface area contributed by atoms with Gasteiger partial charge in [-0.05, 0) is 49.8 Å². The van der Waals surface area contributed by atoms with Crippen LogP contribution >= 0.6 is 0 Å². The van der Waals surface area contributed by atoms with E-state index < -0.39 is 0 Å². The molecule has 4 aromatic rings. The van der Waals surface area contributed by atoms with Gasteiger partial charge in [0.05, 0.1) is 40.1 Å². The molecule has 0 saturated carbocycles. The van der Waals surface area contributed by atoms with Gasteiger partial charge in [-0.15, -0.1) is 0 Å². The number of fused-ring (bicyclic) bond motifs is 2. The molecule has 0 spiro atoms. The lowest BCUT2D eigenvalue weighted by Gasteiger charge is -2.09. The van der Waals surface area contributed by atoms with Crippen LogP contribution in [0, 0.1) is 6.92 Å². The zero-order valence-electron chi connectivity index (χ0n) is 18.9. The summed E-state index contributed by atoms with van der Waals surface area (Å²) in [5.74, 6) is 0.569. The summed E-state index contributed by atoms with van der Waals surface area (Å²) in [5, 5.41) is 0. The Hall–Kier alpha value is -3.34. The van der Waals surface area contributed by atoms with Crippen LogP contribution < -0.4 is 4.74 Å². The molecule has 5 heteroatoms. The second-order valence-corrected chi connectivity index (χ2v) is 8.04. The summed E-state index contributed by atoms with van der Waals surface area (Å²) in [7, 11) is 0. The van der Waals surface area contributed by atoms with E-state index in [9.17, 15) is 0 Å². The van der Waals surface area contributed by atoms with E-state index in [0.29, 0.717) is 18.2 Å². The van der Waals surface area contributed by atoms with E-state index in [4.69, 9.17) is 19.7 Å². The van der Waals surface area contributed by atoms with Crippen molar-refractivity contribution in [1.29, 1.82) is 0 Å². The van der Waals surface area contributed by atoms with Crippen molar-refractivity contribution in [2.75, 3.05) is 6.61 Å². The third-order valence-corrected chi connectivity index (χ3v) is 5.48. The van der Waals surface area contributed by atoms with Crippen molar-refractivity contribution in [1.82, 2.24) is 19.9 Å². The molecule has 5 nitrogen and oxygen atoms in total. The van der Waals surface area contributed by atoms with Crippen LogP contribution in [0.2, 0.25) is 0 Å². The van der Waals surface area contributed by atoms with Gasteiger partial charge in [-0.3, -0.25) is 0 Å². The Morgan fingerprint density at radius 1 is 0.656 bits per heavy atom. The van der Waals surface area contributed by atoms with Gasteiger partial charge in [0.2, 0.25) is 5.88 Å². The van der Waals surface area contributed by atoms with Gasteiger partial charge in [-0.2, -0.15) is 0 Å². The van der Waals surface area contributed by atoms with Crippen molar-refractivity contribution in [2.45, 2.75) is 52.4 Å².